The minimum atomic E-state index is 0. The van der Waals surface area contributed by atoms with Gasteiger partial charge in [0, 0.05) is 30.2 Å². The number of benzene rings is 3. The molecule has 2 aliphatic rings. The smallest absolute Gasteiger partial charge is 0.161 e. The highest BCUT2D eigenvalue weighted by molar-refractivity contribution is 5.86. The summed E-state index contributed by atoms with van der Waals surface area (Å²) in [5.41, 5.74) is 8.93. The molecule has 1 aromatic heterocycles. The van der Waals surface area contributed by atoms with E-state index in [1.807, 2.05) is 18.2 Å². The van der Waals surface area contributed by atoms with Gasteiger partial charge in [0.15, 0.2) is 11.5 Å². The van der Waals surface area contributed by atoms with Gasteiger partial charge in [-0.05, 0) is 71.3 Å². The van der Waals surface area contributed by atoms with Gasteiger partial charge < -0.3 is 19.1 Å². The molecule has 0 amide bonds. The molecule has 0 spiro atoms. The van der Waals surface area contributed by atoms with Gasteiger partial charge in [-0.15, -0.1) is 0 Å². The number of hydrogen-bond acceptors (Lipinski definition) is 4. The van der Waals surface area contributed by atoms with Gasteiger partial charge in [-0.3, -0.25) is 4.90 Å². The van der Waals surface area contributed by atoms with Gasteiger partial charge in [-0.25, -0.2) is 0 Å². The molecule has 4 aromatic rings. The number of aliphatic hydroxyl groups is 1. The van der Waals surface area contributed by atoms with Gasteiger partial charge in [-0.2, -0.15) is 0 Å². The van der Waals surface area contributed by atoms with Crippen molar-refractivity contribution in [2.75, 3.05) is 13.7 Å². The third kappa shape index (κ3) is 4.06. The summed E-state index contributed by atoms with van der Waals surface area (Å²) in [6.45, 7) is 4.58. The molecule has 0 saturated carbocycles. The Labute approximate surface area is 213 Å². The predicted molar refractivity (Wildman–Crippen MR) is 145 cm³/mol. The molecule has 36 heavy (non-hydrogen) atoms. The van der Waals surface area contributed by atoms with Gasteiger partial charge in [-0.1, -0.05) is 50.7 Å². The SMILES string of the molecule is C.CCc1ccc2c(c1)c1c(n2CO)CN2CCc3cc(OCc4ccccc4)c(OC)cc3C2C1. The lowest BCUT2D eigenvalue weighted by atomic mass is 9.85. The molecule has 0 radical (unpaired) electrons. The highest BCUT2D eigenvalue weighted by Crippen LogP contribution is 2.44. The minimum Gasteiger partial charge on any atom is -0.493 e. The van der Waals surface area contributed by atoms with Crippen molar-refractivity contribution >= 4 is 10.9 Å². The van der Waals surface area contributed by atoms with E-state index in [2.05, 4.69) is 58.9 Å². The highest BCUT2D eigenvalue weighted by atomic mass is 16.5. The predicted octanol–water partition coefficient (Wildman–Crippen LogP) is 6.03. The second-order valence-corrected chi connectivity index (χ2v) is 9.62. The Kier molecular flexibility index (Phi) is 6.78. The van der Waals surface area contributed by atoms with E-state index in [1.165, 1.54) is 33.3 Å². The van der Waals surface area contributed by atoms with Crippen molar-refractivity contribution in [3.05, 3.63) is 94.2 Å². The molecule has 6 rings (SSSR count). The zero-order chi connectivity index (χ0) is 23.9. The summed E-state index contributed by atoms with van der Waals surface area (Å²) in [6.07, 6.45) is 2.93. The van der Waals surface area contributed by atoms with E-state index in [1.54, 1.807) is 7.11 Å². The van der Waals surface area contributed by atoms with Crippen LogP contribution in [0.3, 0.4) is 0 Å². The van der Waals surface area contributed by atoms with Crippen LogP contribution in [0.25, 0.3) is 10.9 Å². The van der Waals surface area contributed by atoms with E-state index in [4.69, 9.17) is 9.47 Å². The monoisotopic (exact) mass is 484 g/mol. The average molecular weight is 485 g/mol. The van der Waals surface area contributed by atoms with Crippen LogP contribution in [0.2, 0.25) is 0 Å². The number of ether oxygens (including phenoxy) is 2. The van der Waals surface area contributed by atoms with E-state index < -0.39 is 0 Å². The lowest BCUT2D eigenvalue weighted by Gasteiger charge is -2.41. The van der Waals surface area contributed by atoms with Gasteiger partial charge in [0.25, 0.3) is 0 Å². The molecule has 1 unspecified atom stereocenters. The number of rotatable bonds is 6. The molecule has 0 aliphatic carbocycles. The molecule has 3 heterocycles. The second kappa shape index (κ2) is 10.00. The van der Waals surface area contributed by atoms with Crippen molar-refractivity contribution < 1.29 is 14.6 Å². The largest absolute Gasteiger partial charge is 0.493 e. The van der Waals surface area contributed by atoms with Crippen molar-refractivity contribution in [1.29, 1.82) is 0 Å². The minimum absolute atomic E-state index is 0. The molecular formula is C31H36N2O3. The maximum Gasteiger partial charge on any atom is 0.161 e. The Morgan fingerprint density at radius 1 is 1.00 bits per heavy atom. The van der Waals surface area contributed by atoms with Crippen molar-refractivity contribution in [2.24, 2.45) is 0 Å². The van der Waals surface area contributed by atoms with E-state index in [-0.39, 0.29) is 14.2 Å². The molecule has 5 nitrogen and oxygen atoms in total. The number of fused-ring (bicyclic) bond motifs is 6. The third-order valence-corrected chi connectivity index (χ3v) is 7.78. The summed E-state index contributed by atoms with van der Waals surface area (Å²) in [5.74, 6) is 1.60. The van der Waals surface area contributed by atoms with Gasteiger partial charge in [0.1, 0.15) is 13.3 Å². The van der Waals surface area contributed by atoms with Crippen LogP contribution in [0.4, 0.5) is 0 Å². The molecular weight excluding hydrogens is 448 g/mol. The van der Waals surface area contributed by atoms with E-state index in [0.717, 1.165) is 54.9 Å². The summed E-state index contributed by atoms with van der Waals surface area (Å²) >= 11 is 0. The lowest BCUT2D eigenvalue weighted by molar-refractivity contribution is 0.145. The molecule has 188 valence electrons. The maximum atomic E-state index is 10.2. The van der Waals surface area contributed by atoms with Gasteiger partial charge in [0.2, 0.25) is 0 Å². The number of hydrogen-bond donors (Lipinski definition) is 1. The van der Waals surface area contributed by atoms with Gasteiger partial charge in [0.05, 0.1) is 12.6 Å². The standard InChI is InChI=1S/C30H32N2O3.CH4/c1-3-20-9-10-26-24(13-20)25-15-27-23-16-29(34-2)30(35-18-21-7-5-4-6-8-21)14-22(23)11-12-31(27)17-28(25)32(26)19-33;/h4-10,13-14,16,27,33H,3,11-12,15,17-19H2,1-2H3;1H4. The first-order chi connectivity index (χ1) is 17.2. The Bertz CT molecular complexity index is 1380. The number of methoxy groups -OCH3 is 1. The molecule has 1 atom stereocenters. The van der Waals surface area contributed by atoms with Crippen LogP contribution in [-0.4, -0.2) is 28.2 Å². The van der Waals surface area contributed by atoms with E-state index in [0.29, 0.717) is 12.6 Å². The van der Waals surface area contributed by atoms with Crippen LogP contribution in [0.15, 0.2) is 60.7 Å². The number of nitrogens with zero attached hydrogens (tertiary/aromatic N) is 2. The Morgan fingerprint density at radius 3 is 2.58 bits per heavy atom. The first-order valence-corrected chi connectivity index (χ1v) is 12.6. The Balaban J connectivity index is 0.00000267. The van der Waals surface area contributed by atoms with E-state index in [9.17, 15) is 5.11 Å². The van der Waals surface area contributed by atoms with Crippen molar-refractivity contribution in [1.82, 2.24) is 9.47 Å². The fourth-order valence-electron chi connectivity index (χ4n) is 5.90. The summed E-state index contributed by atoms with van der Waals surface area (Å²) in [4.78, 5) is 2.56. The lowest BCUT2D eigenvalue weighted by Crippen LogP contribution is -2.39. The maximum absolute atomic E-state index is 10.2. The van der Waals surface area contributed by atoms with Crippen LogP contribution in [0, 0.1) is 0 Å². The molecule has 5 heteroatoms. The molecule has 0 saturated heterocycles. The van der Waals surface area contributed by atoms with E-state index >= 15 is 0 Å². The van der Waals surface area contributed by atoms with Crippen LogP contribution in [-0.2, 0) is 39.1 Å². The zero-order valence-corrected chi connectivity index (χ0v) is 20.5. The first-order valence-electron chi connectivity index (χ1n) is 12.6. The topological polar surface area (TPSA) is 46.9 Å². The molecule has 2 aliphatic heterocycles. The van der Waals surface area contributed by atoms with Crippen molar-refractivity contribution in [2.45, 2.75) is 59.5 Å². The zero-order valence-electron chi connectivity index (χ0n) is 20.5. The fourth-order valence-corrected chi connectivity index (χ4v) is 5.90. The number of aryl methyl sites for hydroxylation is 1. The van der Waals surface area contributed by atoms with Crippen LogP contribution < -0.4 is 9.47 Å². The Hall–Kier alpha value is -3.28. The highest BCUT2D eigenvalue weighted by Gasteiger charge is 2.36. The second-order valence-electron chi connectivity index (χ2n) is 9.62. The Morgan fingerprint density at radius 2 is 1.83 bits per heavy atom. The molecule has 0 fully saturated rings. The molecule has 0 bridgehead atoms. The summed E-state index contributed by atoms with van der Waals surface area (Å²) < 4.78 is 14.1. The number of aliphatic hydroxyl groups excluding tert-OH is 1. The summed E-state index contributed by atoms with van der Waals surface area (Å²) in [5, 5.41) is 11.5. The van der Waals surface area contributed by atoms with Crippen LogP contribution in [0.5, 0.6) is 11.5 Å². The van der Waals surface area contributed by atoms with Crippen LogP contribution >= 0.6 is 0 Å². The van der Waals surface area contributed by atoms with Crippen LogP contribution in [0.1, 0.15) is 53.9 Å². The first kappa shape index (κ1) is 24.4. The molecule has 3 aromatic carbocycles. The summed E-state index contributed by atoms with van der Waals surface area (Å²) in [6, 6.07) is 21.6. The quantitative estimate of drug-likeness (QED) is 0.363. The summed E-state index contributed by atoms with van der Waals surface area (Å²) in [7, 11) is 1.72. The molecule has 1 N–H and O–H groups in total. The van der Waals surface area contributed by atoms with Crippen molar-refractivity contribution in [3.63, 3.8) is 0 Å². The number of aromatic nitrogens is 1. The van der Waals surface area contributed by atoms with Gasteiger partial charge >= 0.3 is 0 Å². The normalized spacial score (nSPS) is 16.6. The third-order valence-electron chi connectivity index (χ3n) is 7.78. The van der Waals surface area contributed by atoms with Crippen molar-refractivity contribution in [3.8, 4) is 11.5 Å². The fraction of sp³-hybridized carbons (Fsp3) is 0.355. The average Bonchev–Trinajstić information content (AvgIpc) is 3.22.